The van der Waals surface area contributed by atoms with Gasteiger partial charge in [-0.1, -0.05) is 59.9 Å². The van der Waals surface area contributed by atoms with Gasteiger partial charge in [0, 0.05) is 12.8 Å². The lowest BCUT2D eigenvalue weighted by atomic mass is 9.86. The lowest BCUT2D eigenvalue weighted by Gasteiger charge is -2.28. The second kappa shape index (κ2) is 16.8. The minimum Gasteiger partial charge on any atom is -0.480 e. The number of carboxylic acids is 1. The van der Waals surface area contributed by atoms with Gasteiger partial charge in [0.25, 0.3) is 0 Å². The summed E-state index contributed by atoms with van der Waals surface area (Å²) in [4.78, 5) is 49.6. The summed E-state index contributed by atoms with van der Waals surface area (Å²) in [5, 5.41) is 9.97. The number of benzene rings is 1. The maximum absolute atomic E-state index is 12.7. The number of rotatable bonds is 17. The predicted octanol–water partition coefficient (Wildman–Crippen LogP) is 5.81. The average Bonchev–Trinajstić information content (AvgIpc) is 2.85. The van der Waals surface area contributed by atoms with Crippen LogP contribution in [-0.2, 0) is 30.3 Å². The molecular weight excluding hydrogens is 518 g/mol. The Morgan fingerprint density at radius 2 is 1.30 bits per heavy atom. The van der Waals surface area contributed by atoms with Gasteiger partial charge in [-0.25, -0.2) is 4.79 Å². The van der Waals surface area contributed by atoms with Crippen molar-refractivity contribution in [3.05, 3.63) is 23.8 Å². The van der Waals surface area contributed by atoms with Gasteiger partial charge in [0.15, 0.2) is 11.5 Å². The van der Waals surface area contributed by atoms with Crippen LogP contribution in [0.25, 0.3) is 0 Å². The van der Waals surface area contributed by atoms with Gasteiger partial charge in [0.05, 0.1) is 11.8 Å². The normalized spacial score (nSPS) is 15.6. The number of esters is 2. The summed E-state index contributed by atoms with van der Waals surface area (Å²) in [6.45, 7) is 12.7. The van der Waals surface area contributed by atoms with Crippen molar-refractivity contribution in [3.8, 4) is 11.5 Å². The first-order valence-electron chi connectivity index (χ1n) is 14.2. The molecule has 5 atom stereocenters. The van der Waals surface area contributed by atoms with E-state index in [1.807, 2.05) is 20.8 Å². The molecule has 1 rings (SSSR count). The Morgan fingerprint density at radius 1 is 0.800 bits per heavy atom. The lowest BCUT2D eigenvalue weighted by molar-refractivity contribution is -0.145. The van der Waals surface area contributed by atoms with E-state index in [-0.39, 0.29) is 42.3 Å². The standard InChI is InChI=1S/C30H47NO9/c1-8-11-19(4)26(32)39-24-15-14-23(16-25(24)40-27(33)20(5)12-9-2)18-30(31,28(34)35)17-22(7)38-29(36)37-21(6)13-10-3/h14-16,19-22H,8-13,17-18,31H2,1-7H3,(H,34,35)/t19?,20?,21?,22-,30?/m0/s1. The monoisotopic (exact) mass is 565 g/mol. The summed E-state index contributed by atoms with van der Waals surface area (Å²) >= 11 is 0. The molecule has 0 aliphatic carbocycles. The van der Waals surface area contributed by atoms with Crippen molar-refractivity contribution in [1.29, 1.82) is 0 Å². The van der Waals surface area contributed by atoms with Crippen molar-refractivity contribution in [2.75, 3.05) is 0 Å². The van der Waals surface area contributed by atoms with Crippen LogP contribution in [0.2, 0.25) is 0 Å². The second-order valence-electron chi connectivity index (χ2n) is 10.7. The van der Waals surface area contributed by atoms with Crippen molar-refractivity contribution < 1.29 is 43.2 Å². The SMILES string of the molecule is CCCC(C)OC(=O)O[C@@H](C)CC(N)(Cc1ccc(OC(=O)C(C)CCC)c(OC(=O)C(C)CCC)c1)C(=O)O. The number of carboxylic acid groups (broad SMARTS) is 1. The molecule has 0 bridgehead atoms. The van der Waals surface area contributed by atoms with Crippen molar-refractivity contribution >= 4 is 24.1 Å². The zero-order valence-corrected chi connectivity index (χ0v) is 25.0. The summed E-state index contributed by atoms with van der Waals surface area (Å²) in [5.74, 6) is -2.92. The lowest BCUT2D eigenvalue weighted by Crippen LogP contribution is -2.52. The molecule has 0 spiro atoms. The first-order valence-corrected chi connectivity index (χ1v) is 14.2. The Kier molecular flexibility index (Phi) is 14.7. The van der Waals surface area contributed by atoms with E-state index in [1.165, 1.54) is 12.1 Å². The van der Waals surface area contributed by atoms with Crippen LogP contribution < -0.4 is 15.2 Å². The highest BCUT2D eigenvalue weighted by molar-refractivity contribution is 5.80. The van der Waals surface area contributed by atoms with E-state index < -0.39 is 35.7 Å². The third-order valence-corrected chi connectivity index (χ3v) is 6.56. The Balaban J connectivity index is 3.19. The molecule has 4 unspecified atom stereocenters. The summed E-state index contributed by atoms with van der Waals surface area (Å²) in [6, 6.07) is 4.49. The van der Waals surface area contributed by atoms with Crippen LogP contribution in [0.1, 0.15) is 99.0 Å². The maximum atomic E-state index is 12.7. The summed E-state index contributed by atoms with van der Waals surface area (Å²) < 4.78 is 21.6. The molecule has 0 fully saturated rings. The van der Waals surface area contributed by atoms with Crippen LogP contribution in [0.3, 0.4) is 0 Å². The minimum absolute atomic E-state index is 0.00743. The van der Waals surface area contributed by atoms with Crippen LogP contribution in [0.5, 0.6) is 11.5 Å². The molecule has 226 valence electrons. The van der Waals surface area contributed by atoms with Crippen molar-refractivity contribution in [2.24, 2.45) is 17.6 Å². The first kappa shape index (κ1) is 34.9. The number of aliphatic carboxylic acids is 1. The molecule has 1 aromatic rings. The number of carbonyl (C=O) groups is 4. The molecule has 10 nitrogen and oxygen atoms in total. The maximum Gasteiger partial charge on any atom is 0.508 e. The third-order valence-electron chi connectivity index (χ3n) is 6.56. The van der Waals surface area contributed by atoms with Gasteiger partial charge in [-0.3, -0.25) is 14.4 Å². The van der Waals surface area contributed by atoms with Gasteiger partial charge in [0.1, 0.15) is 17.7 Å². The fourth-order valence-electron chi connectivity index (χ4n) is 4.32. The van der Waals surface area contributed by atoms with Gasteiger partial charge < -0.3 is 29.8 Å². The van der Waals surface area contributed by atoms with E-state index in [1.54, 1.807) is 33.8 Å². The van der Waals surface area contributed by atoms with E-state index in [9.17, 15) is 24.3 Å². The largest absolute Gasteiger partial charge is 0.508 e. The van der Waals surface area contributed by atoms with Gasteiger partial charge in [-0.05, 0) is 50.8 Å². The highest BCUT2D eigenvalue weighted by atomic mass is 16.7. The summed E-state index contributed by atoms with van der Waals surface area (Å²) in [7, 11) is 0. The molecule has 0 amide bonds. The number of ether oxygens (including phenoxy) is 4. The number of hydrogen-bond acceptors (Lipinski definition) is 9. The molecule has 0 saturated carbocycles. The highest BCUT2D eigenvalue weighted by Gasteiger charge is 2.37. The summed E-state index contributed by atoms with van der Waals surface area (Å²) in [5.41, 5.74) is 4.92. The minimum atomic E-state index is -1.82. The fourth-order valence-corrected chi connectivity index (χ4v) is 4.32. The number of hydrogen-bond donors (Lipinski definition) is 2. The van der Waals surface area contributed by atoms with Crippen molar-refractivity contribution in [3.63, 3.8) is 0 Å². The summed E-state index contributed by atoms with van der Waals surface area (Å²) in [6.07, 6.45) is 1.90. The van der Waals surface area contributed by atoms with E-state index in [4.69, 9.17) is 24.7 Å². The first-order chi connectivity index (χ1) is 18.8. The van der Waals surface area contributed by atoms with Gasteiger partial charge in [0.2, 0.25) is 0 Å². The quantitative estimate of drug-likeness (QED) is 0.175. The molecule has 40 heavy (non-hydrogen) atoms. The third kappa shape index (κ3) is 11.5. The molecular formula is C30H47NO9. The molecule has 3 N–H and O–H groups in total. The van der Waals surface area contributed by atoms with Crippen LogP contribution in [0, 0.1) is 11.8 Å². The molecule has 0 saturated heterocycles. The highest BCUT2D eigenvalue weighted by Crippen LogP contribution is 2.32. The second-order valence-corrected chi connectivity index (χ2v) is 10.7. The van der Waals surface area contributed by atoms with Crippen molar-refractivity contribution in [1.82, 2.24) is 0 Å². The topological polar surface area (TPSA) is 151 Å². The fraction of sp³-hybridized carbons (Fsp3) is 0.667. The van der Waals surface area contributed by atoms with E-state index in [0.29, 0.717) is 24.8 Å². The van der Waals surface area contributed by atoms with Gasteiger partial charge >= 0.3 is 24.1 Å². The zero-order valence-electron chi connectivity index (χ0n) is 25.0. The molecule has 0 heterocycles. The molecule has 10 heteroatoms. The Bertz CT molecular complexity index is 995. The van der Waals surface area contributed by atoms with Crippen molar-refractivity contribution in [2.45, 2.75) is 118 Å². The molecule has 0 radical (unpaired) electrons. The molecule has 0 aromatic heterocycles. The molecule has 0 aliphatic heterocycles. The van der Waals surface area contributed by atoms with Gasteiger partial charge in [-0.2, -0.15) is 0 Å². The Hall–Kier alpha value is -3.14. The Labute approximate surface area is 237 Å². The molecule has 0 aliphatic rings. The van der Waals surface area contributed by atoms with E-state index in [0.717, 1.165) is 19.3 Å². The van der Waals surface area contributed by atoms with Crippen LogP contribution in [0.4, 0.5) is 4.79 Å². The predicted molar refractivity (Wildman–Crippen MR) is 150 cm³/mol. The van der Waals surface area contributed by atoms with E-state index >= 15 is 0 Å². The zero-order chi connectivity index (χ0) is 30.5. The van der Waals surface area contributed by atoms with E-state index in [2.05, 4.69) is 0 Å². The molecule has 1 aromatic carbocycles. The number of nitrogens with two attached hydrogens (primary N) is 1. The van der Waals surface area contributed by atoms with Gasteiger partial charge in [-0.15, -0.1) is 0 Å². The average molecular weight is 566 g/mol. The smallest absolute Gasteiger partial charge is 0.480 e. The van der Waals surface area contributed by atoms with Crippen LogP contribution >= 0.6 is 0 Å². The van der Waals surface area contributed by atoms with Crippen LogP contribution in [-0.4, -0.2) is 46.9 Å². The number of carbonyl (C=O) groups excluding carboxylic acids is 3. The van der Waals surface area contributed by atoms with Crippen LogP contribution in [0.15, 0.2) is 18.2 Å². The Morgan fingerprint density at radius 3 is 1.80 bits per heavy atom.